The summed E-state index contributed by atoms with van der Waals surface area (Å²) in [6.45, 7) is -0.212. The Balaban J connectivity index is 2.02. The summed E-state index contributed by atoms with van der Waals surface area (Å²) in [6, 6.07) is 0. The van der Waals surface area contributed by atoms with Crippen LogP contribution in [0.1, 0.15) is 24.6 Å². The number of rotatable bonds is 2. The van der Waals surface area contributed by atoms with Gasteiger partial charge in [-0.15, -0.1) is 0 Å². The van der Waals surface area contributed by atoms with Crippen molar-refractivity contribution in [1.29, 1.82) is 0 Å². The van der Waals surface area contributed by atoms with Gasteiger partial charge in [-0.25, -0.2) is 9.97 Å². The van der Waals surface area contributed by atoms with Crippen LogP contribution in [0.2, 0.25) is 5.15 Å². The maximum absolute atomic E-state index is 9.85. The van der Waals surface area contributed by atoms with Gasteiger partial charge in [-0.05, 0) is 28.8 Å². The van der Waals surface area contributed by atoms with E-state index in [1.165, 1.54) is 0 Å². The molecule has 96 valence electrons. The van der Waals surface area contributed by atoms with Crippen LogP contribution < -0.4 is 0 Å². The summed E-state index contributed by atoms with van der Waals surface area (Å²) >= 11 is 9.40. The number of aliphatic hydroxyl groups is 2. The van der Waals surface area contributed by atoms with Gasteiger partial charge in [0.25, 0.3) is 0 Å². The standard InChI is InChI=1S/C11H11BrClN3O2/c12-8-7-9(13)14-1-2-16(7)10(15-8)6-3-11(18,4-6)5-17/h1-2,6,17-18H,3-5H2. The molecule has 1 aliphatic carbocycles. The Kier molecular flexibility index (Phi) is 2.85. The summed E-state index contributed by atoms with van der Waals surface area (Å²) in [6.07, 6.45) is 4.43. The molecule has 5 nitrogen and oxygen atoms in total. The van der Waals surface area contributed by atoms with Crippen molar-refractivity contribution in [3.05, 3.63) is 28.0 Å². The lowest BCUT2D eigenvalue weighted by Gasteiger charge is -2.41. The number of aliphatic hydroxyl groups excluding tert-OH is 1. The van der Waals surface area contributed by atoms with Gasteiger partial charge in [-0.1, -0.05) is 11.6 Å². The van der Waals surface area contributed by atoms with Crippen molar-refractivity contribution < 1.29 is 10.2 Å². The van der Waals surface area contributed by atoms with Crippen molar-refractivity contribution in [3.8, 4) is 0 Å². The fourth-order valence-corrected chi connectivity index (χ4v) is 3.35. The largest absolute Gasteiger partial charge is 0.393 e. The lowest BCUT2D eigenvalue weighted by Crippen LogP contribution is -2.46. The lowest BCUT2D eigenvalue weighted by atomic mass is 9.71. The Morgan fingerprint density at radius 2 is 2.28 bits per heavy atom. The minimum atomic E-state index is -0.959. The van der Waals surface area contributed by atoms with Crippen LogP contribution in [0, 0.1) is 0 Å². The molecule has 2 aromatic heterocycles. The highest BCUT2D eigenvalue weighted by Gasteiger charge is 2.44. The molecule has 0 aliphatic heterocycles. The summed E-state index contributed by atoms with van der Waals surface area (Å²) in [7, 11) is 0. The van der Waals surface area contributed by atoms with Gasteiger partial charge in [-0.2, -0.15) is 0 Å². The minimum Gasteiger partial charge on any atom is -0.393 e. The summed E-state index contributed by atoms with van der Waals surface area (Å²) in [4.78, 5) is 8.45. The van der Waals surface area contributed by atoms with Crippen molar-refractivity contribution in [2.24, 2.45) is 0 Å². The van der Waals surface area contributed by atoms with E-state index >= 15 is 0 Å². The van der Waals surface area contributed by atoms with Crippen LogP contribution in [-0.4, -0.2) is 36.8 Å². The molecule has 0 aromatic carbocycles. The number of hydrogen-bond donors (Lipinski definition) is 2. The van der Waals surface area contributed by atoms with Gasteiger partial charge in [0.2, 0.25) is 0 Å². The van der Waals surface area contributed by atoms with Crippen LogP contribution in [0.15, 0.2) is 17.0 Å². The zero-order valence-electron chi connectivity index (χ0n) is 9.35. The topological polar surface area (TPSA) is 70.7 Å². The molecule has 7 heteroatoms. The first kappa shape index (κ1) is 12.3. The highest BCUT2D eigenvalue weighted by atomic mass is 79.9. The third kappa shape index (κ3) is 1.75. The zero-order chi connectivity index (χ0) is 12.9. The molecule has 1 aliphatic rings. The summed E-state index contributed by atoms with van der Waals surface area (Å²) in [5.41, 5.74) is -0.228. The van der Waals surface area contributed by atoms with Gasteiger partial charge >= 0.3 is 0 Å². The fourth-order valence-electron chi connectivity index (χ4n) is 2.44. The minimum absolute atomic E-state index is 0.124. The SMILES string of the molecule is OCC1(O)CC(c2nc(Br)c3c(Cl)nccn23)C1. The van der Waals surface area contributed by atoms with Crippen molar-refractivity contribution in [2.45, 2.75) is 24.4 Å². The van der Waals surface area contributed by atoms with Crippen LogP contribution >= 0.6 is 27.5 Å². The lowest BCUT2D eigenvalue weighted by molar-refractivity contribution is -0.0882. The van der Waals surface area contributed by atoms with E-state index in [2.05, 4.69) is 25.9 Å². The molecule has 3 rings (SSSR count). The van der Waals surface area contributed by atoms with Gasteiger partial charge in [0, 0.05) is 18.3 Å². The molecule has 0 spiro atoms. The fraction of sp³-hybridized carbons (Fsp3) is 0.455. The Hall–Kier alpha value is -0.690. The van der Waals surface area contributed by atoms with Gasteiger partial charge in [0.05, 0.1) is 12.2 Å². The molecule has 0 atom stereocenters. The Morgan fingerprint density at radius 1 is 1.56 bits per heavy atom. The average molecular weight is 333 g/mol. The molecule has 2 heterocycles. The van der Waals surface area contributed by atoms with Gasteiger partial charge in [0.15, 0.2) is 5.15 Å². The van der Waals surface area contributed by atoms with Gasteiger partial charge < -0.3 is 10.2 Å². The molecule has 0 unspecified atom stereocenters. The third-order valence-corrected chi connectivity index (χ3v) is 4.24. The highest BCUT2D eigenvalue weighted by molar-refractivity contribution is 9.10. The molecule has 1 saturated carbocycles. The zero-order valence-corrected chi connectivity index (χ0v) is 11.7. The number of nitrogens with zero attached hydrogens (tertiary/aromatic N) is 3. The molecular weight excluding hydrogens is 321 g/mol. The molecular formula is C11H11BrClN3O2. The Morgan fingerprint density at radius 3 is 2.94 bits per heavy atom. The number of fused-ring (bicyclic) bond motifs is 1. The van der Waals surface area contributed by atoms with E-state index in [1.807, 2.05) is 4.40 Å². The monoisotopic (exact) mass is 331 g/mol. The van der Waals surface area contributed by atoms with E-state index < -0.39 is 5.60 Å². The molecule has 0 radical (unpaired) electrons. The molecule has 2 aromatic rings. The normalized spacial score (nSPS) is 27.4. The van der Waals surface area contributed by atoms with Crippen molar-refractivity contribution in [1.82, 2.24) is 14.4 Å². The van der Waals surface area contributed by atoms with Crippen LogP contribution in [0.25, 0.3) is 5.52 Å². The van der Waals surface area contributed by atoms with Crippen molar-refractivity contribution in [2.75, 3.05) is 6.61 Å². The van der Waals surface area contributed by atoms with E-state index in [1.54, 1.807) is 12.4 Å². The van der Waals surface area contributed by atoms with E-state index in [-0.39, 0.29) is 12.5 Å². The summed E-state index contributed by atoms with van der Waals surface area (Å²) in [5, 5.41) is 19.3. The maximum atomic E-state index is 9.85. The number of aromatic nitrogens is 3. The molecule has 0 bridgehead atoms. The number of hydrogen-bond acceptors (Lipinski definition) is 4. The van der Waals surface area contributed by atoms with Crippen LogP contribution in [0.5, 0.6) is 0 Å². The highest BCUT2D eigenvalue weighted by Crippen LogP contribution is 2.44. The Bertz CT molecular complexity index is 610. The smallest absolute Gasteiger partial charge is 0.155 e. The van der Waals surface area contributed by atoms with Crippen LogP contribution in [-0.2, 0) is 0 Å². The molecule has 0 saturated heterocycles. The first-order chi connectivity index (χ1) is 8.54. The van der Waals surface area contributed by atoms with Crippen LogP contribution in [0.3, 0.4) is 0 Å². The molecule has 1 fully saturated rings. The second kappa shape index (κ2) is 4.16. The van der Waals surface area contributed by atoms with Crippen molar-refractivity contribution in [3.63, 3.8) is 0 Å². The predicted octanol–water partition coefficient (Wildman–Crippen LogP) is 1.75. The summed E-state index contributed by atoms with van der Waals surface area (Å²) < 4.78 is 2.52. The maximum Gasteiger partial charge on any atom is 0.155 e. The van der Waals surface area contributed by atoms with Crippen molar-refractivity contribution >= 4 is 33.0 Å². The first-order valence-corrected chi connectivity index (χ1v) is 6.72. The quantitative estimate of drug-likeness (QED) is 0.879. The molecule has 0 amide bonds. The van der Waals surface area contributed by atoms with E-state index in [4.69, 9.17) is 16.7 Å². The predicted molar refractivity (Wildman–Crippen MR) is 69.7 cm³/mol. The first-order valence-electron chi connectivity index (χ1n) is 5.55. The number of halogens is 2. The van der Waals surface area contributed by atoms with Gasteiger partial charge in [-0.3, -0.25) is 4.40 Å². The van der Waals surface area contributed by atoms with E-state index in [9.17, 15) is 5.11 Å². The summed E-state index contributed by atoms with van der Waals surface area (Å²) in [5.74, 6) is 0.957. The second-order valence-corrected chi connectivity index (χ2v) is 5.79. The van der Waals surface area contributed by atoms with E-state index in [0.29, 0.717) is 22.6 Å². The van der Waals surface area contributed by atoms with Gasteiger partial charge in [0.1, 0.15) is 15.9 Å². The number of imidazole rings is 1. The second-order valence-electron chi connectivity index (χ2n) is 4.69. The van der Waals surface area contributed by atoms with Crippen LogP contribution in [0.4, 0.5) is 0 Å². The average Bonchev–Trinajstić information content (AvgIpc) is 2.64. The van der Waals surface area contributed by atoms with E-state index in [0.717, 1.165) is 11.3 Å². The molecule has 2 N–H and O–H groups in total. The Labute approximate surface area is 117 Å². The molecule has 18 heavy (non-hydrogen) atoms. The third-order valence-electron chi connectivity index (χ3n) is 3.41.